The minimum Gasteiger partial charge on any atom is -0.383 e. The Morgan fingerprint density at radius 1 is 1.39 bits per heavy atom. The molecule has 0 fully saturated rings. The number of carbonyl (C=O) groups is 1. The normalized spacial score (nSPS) is 10.3. The van der Waals surface area contributed by atoms with Crippen molar-refractivity contribution in [2.24, 2.45) is 0 Å². The summed E-state index contributed by atoms with van der Waals surface area (Å²) in [7, 11) is 0. The summed E-state index contributed by atoms with van der Waals surface area (Å²) in [5, 5.41) is 0. The second-order valence-electron chi connectivity index (χ2n) is 4.11. The van der Waals surface area contributed by atoms with E-state index in [4.69, 9.17) is 5.73 Å². The number of hydrogen-bond donors (Lipinski definition) is 1. The van der Waals surface area contributed by atoms with E-state index in [9.17, 15) is 4.79 Å². The summed E-state index contributed by atoms with van der Waals surface area (Å²) in [5.41, 5.74) is 8.19. The standard InChI is InChI=1S/C14H13BrN2O/c1-9-7-11(15)4-5-12(9)13(18)8-10-3-2-6-17-14(10)16/h2-7H,8H2,1H3,(H2,16,17). The molecule has 2 rings (SSSR count). The molecule has 1 aromatic carbocycles. The molecule has 3 nitrogen and oxygen atoms in total. The summed E-state index contributed by atoms with van der Waals surface area (Å²) in [5.74, 6) is 0.473. The van der Waals surface area contributed by atoms with Gasteiger partial charge in [-0.1, -0.05) is 28.1 Å². The van der Waals surface area contributed by atoms with E-state index in [-0.39, 0.29) is 12.2 Å². The first-order valence-corrected chi connectivity index (χ1v) is 6.36. The molecule has 0 amide bonds. The van der Waals surface area contributed by atoms with Crippen molar-refractivity contribution in [2.75, 3.05) is 5.73 Å². The Labute approximate surface area is 114 Å². The fraction of sp³-hybridized carbons (Fsp3) is 0.143. The highest BCUT2D eigenvalue weighted by Gasteiger charge is 2.12. The summed E-state index contributed by atoms with van der Waals surface area (Å²) in [6.45, 7) is 1.92. The van der Waals surface area contributed by atoms with Crippen molar-refractivity contribution in [1.82, 2.24) is 4.98 Å². The third kappa shape index (κ3) is 2.76. The van der Waals surface area contributed by atoms with Gasteiger partial charge < -0.3 is 5.73 Å². The van der Waals surface area contributed by atoms with Crippen molar-refractivity contribution in [1.29, 1.82) is 0 Å². The molecule has 18 heavy (non-hydrogen) atoms. The van der Waals surface area contributed by atoms with Crippen molar-refractivity contribution in [3.63, 3.8) is 0 Å². The van der Waals surface area contributed by atoms with Crippen LogP contribution in [0.15, 0.2) is 41.0 Å². The first kappa shape index (κ1) is 12.8. The van der Waals surface area contributed by atoms with E-state index in [2.05, 4.69) is 20.9 Å². The van der Waals surface area contributed by atoms with Crippen molar-refractivity contribution in [3.8, 4) is 0 Å². The van der Waals surface area contributed by atoms with Gasteiger partial charge in [-0.2, -0.15) is 0 Å². The molecule has 0 bridgehead atoms. The van der Waals surface area contributed by atoms with Gasteiger partial charge in [-0.05, 0) is 30.7 Å². The molecule has 0 aliphatic heterocycles. The Morgan fingerprint density at radius 3 is 2.83 bits per heavy atom. The smallest absolute Gasteiger partial charge is 0.167 e. The van der Waals surface area contributed by atoms with Crippen molar-refractivity contribution in [3.05, 3.63) is 57.7 Å². The third-order valence-corrected chi connectivity index (χ3v) is 3.26. The topological polar surface area (TPSA) is 56.0 Å². The zero-order valence-electron chi connectivity index (χ0n) is 9.98. The van der Waals surface area contributed by atoms with Crippen LogP contribution >= 0.6 is 15.9 Å². The molecule has 1 heterocycles. The molecule has 1 aromatic heterocycles. The predicted octanol–water partition coefficient (Wildman–Crippen LogP) is 3.16. The van der Waals surface area contributed by atoms with E-state index in [1.54, 1.807) is 12.3 Å². The molecule has 0 radical (unpaired) electrons. The van der Waals surface area contributed by atoms with E-state index in [0.717, 1.165) is 21.2 Å². The summed E-state index contributed by atoms with van der Waals surface area (Å²) in [6, 6.07) is 9.24. The van der Waals surface area contributed by atoms with Crippen LogP contribution in [0.5, 0.6) is 0 Å². The number of carbonyl (C=O) groups excluding carboxylic acids is 1. The number of hydrogen-bond acceptors (Lipinski definition) is 3. The van der Waals surface area contributed by atoms with E-state index in [1.165, 1.54) is 0 Å². The molecular weight excluding hydrogens is 292 g/mol. The monoisotopic (exact) mass is 304 g/mol. The van der Waals surface area contributed by atoms with Crippen molar-refractivity contribution < 1.29 is 4.79 Å². The molecule has 0 spiro atoms. The lowest BCUT2D eigenvalue weighted by Crippen LogP contribution is -2.08. The van der Waals surface area contributed by atoms with Crippen LogP contribution in [0.25, 0.3) is 0 Å². The average Bonchev–Trinajstić information content (AvgIpc) is 2.32. The number of aromatic nitrogens is 1. The molecule has 0 aliphatic carbocycles. The molecule has 0 aliphatic rings. The Balaban J connectivity index is 2.25. The fourth-order valence-corrected chi connectivity index (χ4v) is 2.28. The van der Waals surface area contributed by atoms with Gasteiger partial charge in [0.2, 0.25) is 0 Å². The van der Waals surface area contributed by atoms with Crippen LogP contribution in [-0.4, -0.2) is 10.8 Å². The average molecular weight is 305 g/mol. The number of nitrogen functional groups attached to an aromatic ring is 1. The van der Waals surface area contributed by atoms with Crippen LogP contribution in [0.1, 0.15) is 21.5 Å². The van der Waals surface area contributed by atoms with Crippen LogP contribution in [-0.2, 0) is 6.42 Å². The van der Waals surface area contributed by atoms with Crippen LogP contribution < -0.4 is 5.73 Å². The number of nitrogens with two attached hydrogens (primary N) is 1. The Bertz CT molecular complexity index is 596. The SMILES string of the molecule is Cc1cc(Br)ccc1C(=O)Cc1cccnc1N. The maximum atomic E-state index is 12.2. The molecule has 4 heteroatoms. The van der Waals surface area contributed by atoms with E-state index in [0.29, 0.717) is 5.82 Å². The first-order chi connectivity index (χ1) is 8.58. The summed E-state index contributed by atoms with van der Waals surface area (Å²) >= 11 is 3.38. The summed E-state index contributed by atoms with van der Waals surface area (Å²) < 4.78 is 0.970. The number of ketones is 1. The number of aryl methyl sites for hydroxylation is 1. The second-order valence-corrected chi connectivity index (χ2v) is 5.02. The highest BCUT2D eigenvalue weighted by molar-refractivity contribution is 9.10. The first-order valence-electron chi connectivity index (χ1n) is 5.56. The highest BCUT2D eigenvalue weighted by Crippen LogP contribution is 2.18. The molecular formula is C14H13BrN2O. The highest BCUT2D eigenvalue weighted by atomic mass is 79.9. The summed E-state index contributed by atoms with van der Waals surface area (Å²) in [6.07, 6.45) is 1.90. The second kappa shape index (κ2) is 5.31. The van der Waals surface area contributed by atoms with Gasteiger partial charge in [0.05, 0.1) is 0 Å². The van der Waals surface area contributed by atoms with E-state index >= 15 is 0 Å². The van der Waals surface area contributed by atoms with Crippen LogP contribution in [0.3, 0.4) is 0 Å². The molecule has 0 saturated heterocycles. The van der Waals surface area contributed by atoms with Crippen LogP contribution in [0.2, 0.25) is 0 Å². The molecule has 0 saturated carbocycles. The zero-order chi connectivity index (χ0) is 13.1. The fourth-order valence-electron chi connectivity index (χ4n) is 1.81. The van der Waals surface area contributed by atoms with Gasteiger partial charge in [0, 0.05) is 28.2 Å². The lowest BCUT2D eigenvalue weighted by Gasteiger charge is -2.07. The van der Waals surface area contributed by atoms with Gasteiger partial charge in [-0.25, -0.2) is 4.98 Å². The van der Waals surface area contributed by atoms with E-state index < -0.39 is 0 Å². The maximum Gasteiger partial charge on any atom is 0.167 e. The number of halogens is 1. The number of rotatable bonds is 3. The Hall–Kier alpha value is -1.68. The van der Waals surface area contributed by atoms with Gasteiger partial charge in [0.25, 0.3) is 0 Å². The minimum absolute atomic E-state index is 0.0553. The number of anilines is 1. The van der Waals surface area contributed by atoms with Gasteiger partial charge in [0.1, 0.15) is 5.82 Å². The van der Waals surface area contributed by atoms with Crippen LogP contribution in [0.4, 0.5) is 5.82 Å². The maximum absolute atomic E-state index is 12.2. The lowest BCUT2D eigenvalue weighted by atomic mass is 10.00. The predicted molar refractivity (Wildman–Crippen MR) is 75.6 cm³/mol. The van der Waals surface area contributed by atoms with Crippen molar-refractivity contribution >= 4 is 27.5 Å². The van der Waals surface area contributed by atoms with Gasteiger partial charge in [-0.15, -0.1) is 0 Å². The number of Topliss-reactive ketones (excluding diaryl/α,β-unsaturated/α-hetero) is 1. The minimum atomic E-state index is 0.0553. The van der Waals surface area contributed by atoms with E-state index in [1.807, 2.05) is 31.2 Å². The lowest BCUT2D eigenvalue weighted by molar-refractivity contribution is 0.0992. The molecule has 2 aromatic rings. The third-order valence-electron chi connectivity index (χ3n) is 2.77. The zero-order valence-corrected chi connectivity index (χ0v) is 11.6. The summed E-state index contributed by atoms with van der Waals surface area (Å²) in [4.78, 5) is 16.2. The molecule has 0 atom stereocenters. The molecule has 92 valence electrons. The largest absolute Gasteiger partial charge is 0.383 e. The Kier molecular flexibility index (Phi) is 3.77. The number of pyridine rings is 1. The molecule has 2 N–H and O–H groups in total. The number of benzene rings is 1. The van der Waals surface area contributed by atoms with Gasteiger partial charge >= 0.3 is 0 Å². The van der Waals surface area contributed by atoms with Gasteiger partial charge in [-0.3, -0.25) is 4.79 Å². The quantitative estimate of drug-likeness (QED) is 0.886. The number of nitrogens with zero attached hydrogens (tertiary/aromatic N) is 1. The molecule has 0 unspecified atom stereocenters. The van der Waals surface area contributed by atoms with Gasteiger partial charge in [0.15, 0.2) is 5.78 Å². The van der Waals surface area contributed by atoms with Crippen molar-refractivity contribution in [2.45, 2.75) is 13.3 Å². The Morgan fingerprint density at radius 2 is 2.17 bits per heavy atom. The van der Waals surface area contributed by atoms with Crippen LogP contribution in [0, 0.1) is 6.92 Å².